The van der Waals surface area contributed by atoms with E-state index in [1.54, 1.807) is 25.1 Å². The Hall–Kier alpha value is -3.12. The molecule has 0 aliphatic carbocycles. The fourth-order valence-corrected chi connectivity index (χ4v) is 3.76. The minimum absolute atomic E-state index is 0.282. The zero-order valence-corrected chi connectivity index (χ0v) is 15.9. The lowest BCUT2D eigenvalue weighted by molar-refractivity contribution is 0.0995. The number of carbonyl (C=O) groups excluding carboxylic acids is 2. The number of hydrogen-bond donors (Lipinski definition) is 2. The summed E-state index contributed by atoms with van der Waals surface area (Å²) in [6.07, 6.45) is 0. The van der Waals surface area contributed by atoms with Crippen molar-refractivity contribution in [2.45, 2.75) is 13.8 Å². The highest BCUT2D eigenvalue weighted by Gasteiger charge is 2.20. The number of primary amides is 1. The van der Waals surface area contributed by atoms with Gasteiger partial charge in [0, 0.05) is 16.1 Å². The van der Waals surface area contributed by atoms with Crippen LogP contribution in [0.25, 0.3) is 10.4 Å². The highest BCUT2D eigenvalue weighted by molar-refractivity contribution is 7.17. The molecule has 0 radical (unpaired) electrons. The Morgan fingerprint density at radius 1 is 1.11 bits per heavy atom. The lowest BCUT2D eigenvalue weighted by Gasteiger charge is -2.11. The molecule has 0 aliphatic rings. The van der Waals surface area contributed by atoms with Gasteiger partial charge in [-0.25, -0.2) is 0 Å². The van der Waals surface area contributed by atoms with Gasteiger partial charge in [-0.05, 0) is 43.2 Å². The number of anilines is 1. The van der Waals surface area contributed by atoms with Crippen LogP contribution in [0.3, 0.4) is 0 Å². The van der Waals surface area contributed by atoms with E-state index in [4.69, 9.17) is 10.5 Å². The van der Waals surface area contributed by atoms with Gasteiger partial charge in [-0.15, -0.1) is 11.3 Å². The van der Waals surface area contributed by atoms with Crippen molar-refractivity contribution in [3.63, 3.8) is 0 Å². The number of carbonyl (C=O) groups is 2. The van der Waals surface area contributed by atoms with E-state index in [-0.39, 0.29) is 5.91 Å². The number of nitrogens with one attached hydrogen (secondary N) is 1. The van der Waals surface area contributed by atoms with Gasteiger partial charge in [0.2, 0.25) is 5.91 Å². The third kappa shape index (κ3) is 4.01. The second-order valence-electron chi connectivity index (χ2n) is 5.90. The highest BCUT2D eigenvalue weighted by Crippen LogP contribution is 2.37. The van der Waals surface area contributed by atoms with E-state index < -0.39 is 5.91 Å². The van der Waals surface area contributed by atoms with Gasteiger partial charge in [-0.1, -0.05) is 36.4 Å². The van der Waals surface area contributed by atoms with Gasteiger partial charge >= 0.3 is 0 Å². The lowest BCUT2D eigenvalue weighted by atomic mass is 10.1. The second-order valence-corrected chi connectivity index (χ2v) is 6.95. The van der Waals surface area contributed by atoms with Gasteiger partial charge in [-0.2, -0.15) is 0 Å². The lowest BCUT2D eigenvalue weighted by Crippen LogP contribution is -2.16. The third-order valence-electron chi connectivity index (χ3n) is 4.11. The molecule has 0 bridgehead atoms. The van der Waals surface area contributed by atoms with E-state index in [1.807, 2.05) is 43.3 Å². The van der Waals surface area contributed by atoms with Crippen LogP contribution in [0.15, 0.2) is 54.6 Å². The van der Waals surface area contributed by atoms with Crippen LogP contribution in [0.4, 0.5) is 5.69 Å². The summed E-state index contributed by atoms with van der Waals surface area (Å²) in [6.45, 7) is 4.09. The van der Waals surface area contributed by atoms with Gasteiger partial charge in [0.1, 0.15) is 10.6 Å². The molecule has 0 atom stereocenters. The first-order valence-corrected chi connectivity index (χ1v) is 9.35. The Kier molecular flexibility index (Phi) is 5.57. The molecule has 2 aromatic carbocycles. The summed E-state index contributed by atoms with van der Waals surface area (Å²) in [5, 5.41) is 2.87. The van der Waals surface area contributed by atoms with Gasteiger partial charge < -0.3 is 15.8 Å². The van der Waals surface area contributed by atoms with Crippen LogP contribution >= 0.6 is 11.3 Å². The molecule has 0 aliphatic heterocycles. The Morgan fingerprint density at radius 3 is 2.52 bits per heavy atom. The van der Waals surface area contributed by atoms with E-state index in [9.17, 15) is 9.59 Å². The molecule has 27 heavy (non-hydrogen) atoms. The monoisotopic (exact) mass is 380 g/mol. The molecule has 0 saturated heterocycles. The second kappa shape index (κ2) is 8.05. The van der Waals surface area contributed by atoms with Crippen molar-refractivity contribution in [2.75, 3.05) is 11.9 Å². The van der Waals surface area contributed by atoms with Crippen molar-refractivity contribution in [3.8, 4) is 16.2 Å². The van der Waals surface area contributed by atoms with Crippen molar-refractivity contribution >= 4 is 28.8 Å². The average Bonchev–Trinajstić information content (AvgIpc) is 3.08. The van der Waals surface area contributed by atoms with Gasteiger partial charge in [0.15, 0.2) is 0 Å². The fourth-order valence-electron chi connectivity index (χ4n) is 2.76. The van der Waals surface area contributed by atoms with Crippen molar-refractivity contribution in [2.24, 2.45) is 5.73 Å². The summed E-state index contributed by atoms with van der Waals surface area (Å²) >= 11 is 1.37. The van der Waals surface area contributed by atoms with Crippen LogP contribution in [0.2, 0.25) is 0 Å². The molecule has 0 unspecified atom stereocenters. The smallest absolute Gasteiger partial charge is 0.269 e. The van der Waals surface area contributed by atoms with Gasteiger partial charge in [0.25, 0.3) is 5.91 Å². The van der Waals surface area contributed by atoms with Gasteiger partial charge in [-0.3, -0.25) is 9.59 Å². The highest BCUT2D eigenvalue weighted by atomic mass is 32.1. The first-order chi connectivity index (χ1) is 13.0. The summed E-state index contributed by atoms with van der Waals surface area (Å²) in [7, 11) is 0. The minimum atomic E-state index is -0.527. The molecule has 3 N–H and O–H groups in total. The molecule has 0 spiro atoms. The maximum atomic E-state index is 12.9. The van der Waals surface area contributed by atoms with Crippen LogP contribution < -0.4 is 15.8 Å². The zero-order valence-electron chi connectivity index (χ0n) is 15.1. The summed E-state index contributed by atoms with van der Waals surface area (Å²) in [6, 6.07) is 16.8. The quantitative estimate of drug-likeness (QED) is 0.662. The number of rotatable bonds is 6. The summed E-state index contributed by atoms with van der Waals surface area (Å²) in [5.74, 6) is -0.265. The van der Waals surface area contributed by atoms with E-state index in [0.717, 1.165) is 10.4 Å². The molecule has 6 heteroatoms. The number of amides is 2. The molecular weight excluding hydrogens is 360 g/mol. The zero-order chi connectivity index (χ0) is 19.4. The molecule has 0 saturated carbocycles. The molecule has 1 aromatic heterocycles. The Balaban J connectivity index is 1.94. The summed E-state index contributed by atoms with van der Waals surface area (Å²) in [5.41, 5.74) is 7.98. The first kappa shape index (κ1) is 18.7. The minimum Gasteiger partial charge on any atom is -0.492 e. The Labute approximate surface area is 161 Å². The van der Waals surface area contributed by atoms with Crippen molar-refractivity contribution in [1.82, 2.24) is 0 Å². The molecule has 1 heterocycles. The molecule has 0 fully saturated rings. The van der Waals surface area contributed by atoms with E-state index in [1.165, 1.54) is 11.3 Å². The number of ether oxygens (including phenoxy) is 1. The van der Waals surface area contributed by atoms with Crippen molar-refractivity contribution < 1.29 is 14.3 Å². The molecule has 3 rings (SSSR count). The normalized spacial score (nSPS) is 10.4. The van der Waals surface area contributed by atoms with Crippen LogP contribution in [0.1, 0.15) is 32.5 Å². The third-order valence-corrected chi connectivity index (χ3v) is 5.27. The standard InChI is InChI=1S/C21H20N2O3S/c1-3-26-17-12-18(14-8-5-4-6-9-14)27-19(17)21(25)23-16-11-7-10-15(13(16)2)20(22)24/h4-12H,3H2,1-2H3,(H2,22,24)(H,23,25). The SMILES string of the molecule is CCOc1cc(-c2ccccc2)sc1C(=O)Nc1cccc(C(N)=O)c1C. The predicted molar refractivity (Wildman–Crippen MR) is 109 cm³/mol. The van der Waals surface area contributed by atoms with Crippen molar-refractivity contribution in [1.29, 1.82) is 0 Å². The number of nitrogens with two attached hydrogens (primary N) is 1. The number of thiophene rings is 1. The summed E-state index contributed by atoms with van der Waals surface area (Å²) in [4.78, 5) is 25.8. The molecule has 2 amide bonds. The van der Waals surface area contributed by atoms with Crippen LogP contribution in [0.5, 0.6) is 5.75 Å². The van der Waals surface area contributed by atoms with Crippen LogP contribution in [-0.2, 0) is 0 Å². The number of hydrogen-bond acceptors (Lipinski definition) is 4. The molecule has 5 nitrogen and oxygen atoms in total. The molecular formula is C21H20N2O3S. The van der Waals surface area contributed by atoms with E-state index >= 15 is 0 Å². The molecule has 138 valence electrons. The Morgan fingerprint density at radius 2 is 1.85 bits per heavy atom. The van der Waals surface area contributed by atoms with Crippen LogP contribution in [0, 0.1) is 6.92 Å². The molecule has 3 aromatic rings. The first-order valence-electron chi connectivity index (χ1n) is 8.54. The fraction of sp³-hybridized carbons (Fsp3) is 0.143. The van der Waals surface area contributed by atoms with Crippen LogP contribution in [-0.4, -0.2) is 18.4 Å². The van der Waals surface area contributed by atoms with Crippen molar-refractivity contribution in [3.05, 3.63) is 70.6 Å². The van der Waals surface area contributed by atoms with E-state index in [2.05, 4.69) is 5.32 Å². The maximum Gasteiger partial charge on any atom is 0.269 e. The average molecular weight is 380 g/mol. The Bertz CT molecular complexity index is 980. The maximum absolute atomic E-state index is 12.9. The predicted octanol–water partition coefficient (Wildman–Crippen LogP) is 4.47. The summed E-state index contributed by atoms with van der Waals surface area (Å²) < 4.78 is 5.67. The topological polar surface area (TPSA) is 81.4 Å². The van der Waals surface area contributed by atoms with Gasteiger partial charge in [0.05, 0.1) is 6.61 Å². The van der Waals surface area contributed by atoms with E-state index in [0.29, 0.717) is 34.0 Å². The largest absolute Gasteiger partial charge is 0.492 e. The number of benzene rings is 2.